The summed E-state index contributed by atoms with van der Waals surface area (Å²) in [6.07, 6.45) is 6.41. The lowest BCUT2D eigenvalue weighted by Gasteiger charge is -2.40. The Morgan fingerprint density at radius 3 is 1.81 bits per heavy atom. The molecule has 0 aromatic heterocycles. The average molecular weight is 377 g/mol. The Labute approximate surface area is 156 Å². The third-order valence-corrected chi connectivity index (χ3v) is 6.99. The summed E-state index contributed by atoms with van der Waals surface area (Å²) in [5.74, 6) is 3.32. The van der Waals surface area contributed by atoms with Gasteiger partial charge in [0.05, 0.1) is 13.2 Å². The van der Waals surface area contributed by atoms with Crippen LogP contribution >= 0.6 is 0 Å². The maximum Gasteiger partial charge on any atom is 0.389 e. The summed E-state index contributed by atoms with van der Waals surface area (Å²) < 4.78 is 48.5. The van der Waals surface area contributed by atoms with Gasteiger partial charge < -0.3 is 9.47 Å². The Balaban J connectivity index is 1.32. The van der Waals surface area contributed by atoms with Crippen molar-refractivity contribution in [2.24, 2.45) is 29.6 Å². The number of rotatable bonds is 5. The summed E-state index contributed by atoms with van der Waals surface area (Å²) in [4.78, 5) is 0. The van der Waals surface area contributed by atoms with Gasteiger partial charge in [-0.05, 0) is 69.1 Å². The second-order valence-electron chi connectivity index (χ2n) is 9.10. The number of halogens is 3. The molecule has 3 rings (SSSR count). The van der Waals surface area contributed by atoms with Crippen molar-refractivity contribution in [1.29, 1.82) is 0 Å². The van der Waals surface area contributed by atoms with Crippen molar-refractivity contribution in [3.63, 3.8) is 0 Å². The summed E-state index contributed by atoms with van der Waals surface area (Å²) in [7, 11) is 0. The predicted octanol–water partition coefficient (Wildman–Crippen LogP) is 6.34. The van der Waals surface area contributed by atoms with Gasteiger partial charge in [-0.25, -0.2) is 0 Å². The van der Waals surface area contributed by atoms with Crippen LogP contribution in [0.5, 0.6) is 0 Å². The highest BCUT2D eigenvalue weighted by molar-refractivity contribution is 4.83. The molecule has 0 unspecified atom stereocenters. The molecule has 0 aromatic rings. The van der Waals surface area contributed by atoms with Gasteiger partial charge in [0, 0.05) is 18.3 Å². The molecule has 3 aliphatic rings. The lowest BCUT2D eigenvalue weighted by molar-refractivity contribution is -0.231. The molecule has 2 aliphatic carbocycles. The van der Waals surface area contributed by atoms with Gasteiger partial charge in [-0.1, -0.05) is 19.8 Å². The number of hydrogen-bond donors (Lipinski definition) is 0. The molecule has 0 atom stereocenters. The Morgan fingerprint density at radius 1 is 0.769 bits per heavy atom. The lowest BCUT2D eigenvalue weighted by Crippen LogP contribution is -2.39. The molecule has 2 nitrogen and oxygen atoms in total. The third-order valence-electron chi connectivity index (χ3n) is 6.99. The monoisotopic (exact) mass is 376 g/mol. The number of ether oxygens (including phenoxy) is 2. The molecule has 26 heavy (non-hydrogen) atoms. The molecule has 0 radical (unpaired) electrons. The fraction of sp³-hybridized carbons (Fsp3) is 1.00. The van der Waals surface area contributed by atoms with E-state index >= 15 is 0 Å². The second kappa shape index (κ2) is 9.27. The molecule has 1 heterocycles. The van der Waals surface area contributed by atoms with Gasteiger partial charge in [0.15, 0.2) is 6.29 Å². The highest BCUT2D eigenvalue weighted by Crippen LogP contribution is 2.42. The predicted molar refractivity (Wildman–Crippen MR) is 95.7 cm³/mol. The highest BCUT2D eigenvalue weighted by atomic mass is 19.4. The van der Waals surface area contributed by atoms with Crippen LogP contribution in [0.4, 0.5) is 13.2 Å². The van der Waals surface area contributed by atoms with E-state index in [1.807, 2.05) is 0 Å². The largest absolute Gasteiger partial charge is 0.389 e. The van der Waals surface area contributed by atoms with Crippen molar-refractivity contribution in [2.45, 2.75) is 90.0 Å². The van der Waals surface area contributed by atoms with Crippen molar-refractivity contribution in [3.8, 4) is 0 Å². The molecule has 0 N–H and O–H groups in total. The minimum absolute atomic E-state index is 0.120. The van der Waals surface area contributed by atoms with Crippen molar-refractivity contribution < 1.29 is 22.6 Å². The fourth-order valence-corrected chi connectivity index (χ4v) is 5.23. The van der Waals surface area contributed by atoms with Crippen molar-refractivity contribution in [2.75, 3.05) is 13.2 Å². The molecule has 0 bridgehead atoms. The third kappa shape index (κ3) is 6.12. The van der Waals surface area contributed by atoms with Crippen LogP contribution in [0, 0.1) is 29.6 Å². The highest BCUT2D eigenvalue weighted by Gasteiger charge is 2.35. The Morgan fingerprint density at radius 2 is 1.27 bits per heavy atom. The van der Waals surface area contributed by atoms with Gasteiger partial charge in [-0.15, -0.1) is 0 Å². The molecule has 0 amide bonds. The maximum atomic E-state index is 12.2. The zero-order valence-electron chi connectivity index (χ0n) is 16.1. The van der Waals surface area contributed by atoms with Crippen LogP contribution in [0.1, 0.15) is 77.6 Å². The van der Waals surface area contributed by atoms with Crippen LogP contribution in [0.3, 0.4) is 0 Å². The number of hydrogen-bond acceptors (Lipinski definition) is 2. The SMILES string of the molecule is CC1CCC(C2CCC(C3OCC(CCCC(F)(F)F)CO3)CC2)CC1. The summed E-state index contributed by atoms with van der Waals surface area (Å²) in [5.41, 5.74) is 0. The van der Waals surface area contributed by atoms with E-state index in [1.165, 1.54) is 51.4 Å². The fourth-order valence-electron chi connectivity index (χ4n) is 5.23. The van der Waals surface area contributed by atoms with E-state index in [9.17, 15) is 13.2 Å². The molecule has 152 valence electrons. The molecule has 5 heteroatoms. The van der Waals surface area contributed by atoms with Crippen molar-refractivity contribution in [3.05, 3.63) is 0 Å². The minimum atomic E-state index is -4.05. The summed E-state index contributed by atoms with van der Waals surface area (Å²) in [6.45, 7) is 3.49. The molecule has 3 fully saturated rings. The summed E-state index contributed by atoms with van der Waals surface area (Å²) in [5, 5.41) is 0. The Kier molecular flexibility index (Phi) is 7.29. The number of alkyl halides is 3. The molecular formula is C21H35F3O2. The van der Waals surface area contributed by atoms with E-state index in [0.29, 0.717) is 25.6 Å². The normalized spacial score (nSPS) is 39.7. The summed E-state index contributed by atoms with van der Waals surface area (Å²) in [6, 6.07) is 0. The van der Waals surface area contributed by atoms with Crippen LogP contribution < -0.4 is 0 Å². The summed E-state index contributed by atoms with van der Waals surface area (Å²) >= 11 is 0. The molecular weight excluding hydrogens is 341 g/mol. The first kappa shape index (κ1) is 20.4. The molecule has 1 saturated heterocycles. The van der Waals surface area contributed by atoms with Crippen LogP contribution in [0.2, 0.25) is 0 Å². The first-order valence-electron chi connectivity index (χ1n) is 10.7. The van der Waals surface area contributed by atoms with Gasteiger partial charge in [-0.2, -0.15) is 13.2 Å². The van der Waals surface area contributed by atoms with E-state index in [2.05, 4.69) is 6.92 Å². The lowest BCUT2D eigenvalue weighted by atomic mass is 9.69. The van der Waals surface area contributed by atoms with E-state index in [1.54, 1.807) is 0 Å². The average Bonchev–Trinajstić information content (AvgIpc) is 2.62. The van der Waals surface area contributed by atoms with E-state index in [-0.39, 0.29) is 18.6 Å². The van der Waals surface area contributed by atoms with E-state index in [4.69, 9.17) is 9.47 Å². The zero-order chi connectivity index (χ0) is 18.6. The molecule has 1 aliphatic heterocycles. The van der Waals surface area contributed by atoms with Gasteiger partial charge in [0.1, 0.15) is 0 Å². The van der Waals surface area contributed by atoms with Crippen LogP contribution in [-0.2, 0) is 9.47 Å². The Hall–Kier alpha value is -0.290. The zero-order valence-corrected chi connectivity index (χ0v) is 16.1. The topological polar surface area (TPSA) is 18.5 Å². The van der Waals surface area contributed by atoms with Crippen molar-refractivity contribution in [1.82, 2.24) is 0 Å². The smallest absolute Gasteiger partial charge is 0.352 e. The maximum absolute atomic E-state index is 12.2. The standard InChI is InChI=1S/C21H35F3O2/c1-15-4-6-17(7-5-15)18-8-10-19(11-9-18)20-25-13-16(14-26-20)3-2-12-21(22,23)24/h15-20H,2-14H2,1H3. The van der Waals surface area contributed by atoms with Crippen molar-refractivity contribution >= 4 is 0 Å². The molecule has 0 aromatic carbocycles. The van der Waals surface area contributed by atoms with Gasteiger partial charge in [0.25, 0.3) is 0 Å². The van der Waals surface area contributed by atoms with Crippen LogP contribution in [-0.4, -0.2) is 25.7 Å². The van der Waals surface area contributed by atoms with Crippen LogP contribution in [0.25, 0.3) is 0 Å². The Bertz CT molecular complexity index is 402. The first-order valence-corrected chi connectivity index (χ1v) is 10.7. The second-order valence-corrected chi connectivity index (χ2v) is 9.10. The van der Waals surface area contributed by atoms with E-state index < -0.39 is 12.6 Å². The molecule has 0 spiro atoms. The first-order chi connectivity index (χ1) is 12.4. The minimum Gasteiger partial charge on any atom is -0.352 e. The van der Waals surface area contributed by atoms with E-state index in [0.717, 1.165) is 17.8 Å². The van der Waals surface area contributed by atoms with Gasteiger partial charge in [0.2, 0.25) is 0 Å². The van der Waals surface area contributed by atoms with Gasteiger partial charge >= 0.3 is 6.18 Å². The quantitative estimate of drug-likeness (QED) is 0.557. The van der Waals surface area contributed by atoms with Crippen LogP contribution in [0.15, 0.2) is 0 Å². The van der Waals surface area contributed by atoms with Gasteiger partial charge in [-0.3, -0.25) is 0 Å². The molecule has 2 saturated carbocycles.